The number of rotatable bonds is 1. The van der Waals surface area contributed by atoms with Crippen LogP contribution in [0.3, 0.4) is 0 Å². The first-order valence-corrected chi connectivity index (χ1v) is 3.69. The first kappa shape index (κ1) is 10.5. The van der Waals surface area contributed by atoms with Gasteiger partial charge in [0, 0.05) is 5.92 Å². The van der Waals surface area contributed by atoms with Gasteiger partial charge < -0.3 is 10.9 Å². The van der Waals surface area contributed by atoms with Crippen LogP contribution in [0.2, 0.25) is 0 Å². The van der Waals surface area contributed by atoms with Crippen LogP contribution in [-0.2, 0) is 4.79 Å². The van der Waals surface area contributed by atoms with E-state index in [1.54, 1.807) is 0 Å². The normalized spacial score (nSPS) is 8.80. The molecule has 0 bridgehead atoms. The van der Waals surface area contributed by atoms with Crippen LogP contribution in [0.4, 0.5) is 5.69 Å². The highest BCUT2D eigenvalue weighted by Gasteiger charge is 2.14. The fraction of sp³-hybridized carbons (Fsp3) is 0. The summed E-state index contributed by atoms with van der Waals surface area (Å²) in [4.78, 5) is 20.1. The lowest BCUT2D eigenvalue weighted by atomic mass is 10.2. The van der Waals surface area contributed by atoms with Crippen molar-refractivity contribution < 1.29 is 14.4 Å². The number of primary amides is 1. The molecule has 0 fully saturated rings. The smallest absolute Gasteiger partial charge is 0.297 e. The third-order valence-corrected chi connectivity index (χ3v) is 1.43. The molecule has 15 heavy (non-hydrogen) atoms. The van der Waals surface area contributed by atoms with Gasteiger partial charge in [-0.3, -0.25) is 14.9 Å². The standard InChI is InChI=1S/C8H5N3O4/c9-8(12)2-1-6-5-10(13)4-3-7(6)11(14)15/h3-5H,(H2,9,12). The second kappa shape index (κ2) is 4.06. The van der Waals surface area contributed by atoms with Crippen molar-refractivity contribution in [2.45, 2.75) is 0 Å². The van der Waals surface area contributed by atoms with E-state index in [0.29, 0.717) is 4.73 Å². The first-order chi connectivity index (χ1) is 7.00. The zero-order valence-corrected chi connectivity index (χ0v) is 7.34. The number of carbonyl (C=O) groups is 1. The van der Waals surface area contributed by atoms with Crippen LogP contribution in [0.5, 0.6) is 0 Å². The first-order valence-electron chi connectivity index (χ1n) is 3.69. The van der Waals surface area contributed by atoms with Gasteiger partial charge >= 0.3 is 0 Å². The number of nitrogens with two attached hydrogens (primary N) is 1. The van der Waals surface area contributed by atoms with Crippen LogP contribution in [0.1, 0.15) is 5.56 Å². The van der Waals surface area contributed by atoms with E-state index >= 15 is 0 Å². The van der Waals surface area contributed by atoms with E-state index in [2.05, 4.69) is 5.92 Å². The summed E-state index contributed by atoms with van der Waals surface area (Å²) in [6.07, 6.45) is 1.86. The minimum absolute atomic E-state index is 0.156. The third-order valence-electron chi connectivity index (χ3n) is 1.43. The Hall–Kier alpha value is -2.62. The highest BCUT2D eigenvalue weighted by Crippen LogP contribution is 2.13. The summed E-state index contributed by atoms with van der Waals surface area (Å²) < 4.78 is 0.345. The molecule has 0 aliphatic carbocycles. The van der Waals surface area contributed by atoms with Gasteiger partial charge in [0.25, 0.3) is 11.6 Å². The molecule has 0 radical (unpaired) electrons. The molecule has 1 aromatic rings. The summed E-state index contributed by atoms with van der Waals surface area (Å²) in [5.74, 6) is 3.14. The lowest BCUT2D eigenvalue weighted by Crippen LogP contribution is -2.25. The number of hydrogen-bond acceptors (Lipinski definition) is 4. The second-order valence-electron chi connectivity index (χ2n) is 2.48. The summed E-state index contributed by atoms with van der Waals surface area (Å²) >= 11 is 0. The third kappa shape index (κ3) is 2.67. The molecule has 1 heterocycles. The molecule has 0 aromatic carbocycles. The van der Waals surface area contributed by atoms with E-state index < -0.39 is 10.8 Å². The monoisotopic (exact) mass is 207 g/mol. The number of amides is 1. The van der Waals surface area contributed by atoms with Gasteiger partial charge in [-0.25, -0.2) is 0 Å². The maximum atomic E-state index is 10.8. The Morgan fingerprint density at radius 2 is 2.27 bits per heavy atom. The van der Waals surface area contributed by atoms with Crippen molar-refractivity contribution in [3.63, 3.8) is 0 Å². The van der Waals surface area contributed by atoms with E-state index in [4.69, 9.17) is 5.73 Å². The Balaban J connectivity index is 3.27. The Morgan fingerprint density at radius 1 is 1.60 bits per heavy atom. The highest BCUT2D eigenvalue weighted by atomic mass is 16.6. The summed E-state index contributed by atoms with van der Waals surface area (Å²) in [7, 11) is 0. The second-order valence-corrected chi connectivity index (χ2v) is 2.48. The molecule has 7 heteroatoms. The van der Waals surface area contributed by atoms with Gasteiger partial charge in [-0.05, 0) is 5.92 Å². The predicted molar refractivity (Wildman–Crippen MR) is 48.1 cm³/mol. The number of nitro groups is 1. The van der Waals surface area contributed by atoms with Crippen LogP contribution in [0, 0.1) is 27.2 Å². The van der Waals surface area contributed by atoms with Gasteiger partial charge in [-0.1, -0.05) is 0 Å². The molecule has 76 valence electrons. The van der Waals surface area contributed by atoms with Gasteiger partial charge in [-0.15, -0.1) is 0 Å². The lowest BCUT2D eigenvalue weighted by molar-refractivity contribution is -0.606. The number of aromatic nitrogens is 1. The van der Waals surface area contributed by atoms with Crippen LogP contribution < -0.4 is 10.5 Å². The zero-order chi connectivity index (χ0) is 11.4. The molecule has 0 saturated carbocycles. The van der Waals surface area contributed by atoms with Gasteiger partial charge in [-0.2, -0.15) is 4.73 Å². The molecule has 0 aliphatic heterocycles. The van der Waals surface area contributed by atoms with Crippen molar-refractivity contribution in [1.29, 1.82) is 0 Å². The maximum absolute atomic E-state index is 10.8. The zero-order valence-electron chi connectivity index (χ0n) is 7.34. The summed E-state index contributed by atoms with van der Waals surface area (Å²) in [5, 5.41) is 21.3. The van der Waals surface area contributed by atoms with Crippen LogP contribution in [0.25, 0.3) is 0 Å². The Bertz CT molecular complexity index is 486. The van der Waals surface area contributed by atoms with Crippen LogP contribution >= 0.6 is 0 Å². The summed E-state index contributed by atoms with van der Waals surface area (Å²) in [6.45, 7) is 0. The van der Waals surface area contributed by atoms with Crippen molar-refractivity contribution in [3.8, 4) is 11.8 Å². The van der Waals surface area contributed by atoms with Gasteiger partial charge in [0.1, 0.15) is 0 Å². The van der Waals surface area contributed by atoms with Crippen LogP contribution in [0.15, 0.2) is 18.5 Å². The summed E-state index contributed by atoms with van der Waals surface area (Å²) in [5.41, 5.74) is 4.23. The number of pyridine rings is 1. The largest absolute Gasteiger partial charge is 0.619 e. The minimum atomic E-state index is -0.925. The fourth-order valence-corrected chi connectivity index (χ4v) is 0.855. The molecule has 0 spiro atoms. The maximum Gasteiger partial charge on any atom is 0.297 e. The highest BCUT2D eigenvalue weighted by molar-refractivity contribution is 5.92. The van der Waals surface area contributed by atoms with Crippen molar-refractivity contribution >= 4 is 11.6 Å². The lowest BCUT2D eigenvalue weighted by Gasteiger charge is -1.96. The topological polar surface area (TPSA) is 113 Å². The molecule has 1 rings (SSSR count). The van der Waals surface area contributed by atoms with Crippen molar-refractivity contribution in [1.82, 2.24) is 0 Å². The Morgan fingerprint density at radius 3 is 2.80 bits per heavy atom. The van der Waals surface area contributed by atoms with Gasteiger partial charge in [0.2, 0.25) is 6.20 Å². The molecule has 7 nitrogen and oxygen atoms in total. The molecular formula is C8H5N3O4. The molecule has 0 aliphatic rings. The van der Waals surface area contributed by atoms with Gasteiger partial charge in [0.15, 0.2) is 11.8 Å². The van der Waals surface area contributed by atoms with E-state index in [-0.39, 0.29) is 11.3 Å². The van der Waals surface area contributed by atoms with E-state index in [0.717, 1.165) is 18.5 Å². The molecule has 0 atom stereocenters. The number of hydrogen-bond donors (Lipinski definition) is 1. The van der Waals surface area contributed by atoms with Gasteiger partial charge in [0.05, 0.1) is 11.0 Å². The number of nitrogens with zero attached hydrogens (tertiary/aromatic N) is 2. The molecule has 0 saturated heterocycles. The summed E-state index contributed by atoms with van der Waals surface area (Å²) in [6, 6.07) is 0.998. The Kier molecular flexibility index (Phi) is 2.83. The molecule has 1 amide bonds. The fourth-order valence-electron chi connectivity index (χ4n) is 0.855. The van der Waals surface area contributed by atoms with E-state index in [9.17, 15) is 20.1 Å². The van der Waals surface area contributed by atoms with Crippen LogP contribution in [-0.4, -0.2) is 10.8 Å². The van der Waals surface area contributed by atoms with Crippen molar-refractivity contribution in [3.05, 3.63) is 39.3 Å². The number of carbonyl (C=O) groups excluding carboxylic acids is 1. The van der Waals surface area contributed by atoms with Crippen molar-refractivity contribution in [2.24, 2.45) is 5.73 Å². The average molecular weight is 207 g/mol. The molecular weight excluding hydrogens is 202 g/mol. The Labute approximate surface area is 83.9 Å². The molecule has 1 aromatic heterocycles. The average Bonchev–Trinajstić information content (AvgIpc) is 2.14. The molecule has 2 N–H and O–H groups in total. The van der Waals surface area contributed by atoms with E-state index in [1.165, 1.54) is 0 Å². The predicted octanol–water partition coefficient (Wildman–Crippen LogP) is -0.935. The quantitative estimate of drug-likeness (QED) is 0.210. The minimum Gasteiger partial charge on any atom is -0.619 e. The SMILES string of the molecule is NC(=O)C#Cc1c[n+]([O-])ccc1[N+](=O)[O-]. The van der Waals surface area contributed by atoms with E-state index in [1.807, 2.05) is 5.92 Å². The molecule has 0 unspecified atom stereocenters. The van der Waals surface area contributed by atoms with Crippen molar-refractivity contribution in [2.75, 3.05) is 0 Å².